The van der Waals surface area contributed by atoms with E-state index in [0.29, 0.717) is 30.9 Å². The minimum Gasteiger partial charge on any atom is -0.494 e. The third kappa shape index (κ3) is 4.92. The minimum absolute atomic E-state index is 0.0282. The van der Waals surface area contributed by atoms with E-state index in [1.54, 1.807) is 6.07 Å². The number of fused-ring (bicyclic) bond motifs is 3. The Morgan fingerprint density at radius 3 is 2.41 bits per heavy atom. The highest BCUT2D eigenvalue weighted by atomic mass is 19.1. The van der Waals surface area contributed by atoms with Gasteiger partial charge >= 0.3 is 6.09 Å². The van der Waals surface area contributed by atoms with Crippen LogP contribution in [0.3, 0.4) is 0 Å². The molecule has 0 atom stereocenters. The van der Waals surface area contributed by atoms with Gasteiger partial charge in [-0.2, -0.15) is 0 Å². The van der Waals surface area contributed by atoms with Crippen LogP contribution in [0, 0.1) is 17.7 Å². The molecule has 32 heavy (non-hydrogen) atoms. The molecule has 0 saturated heterocycles. The monoisotopic (exact) mass is 429 g/mol. The molecule has 0 fully saturated rings. The van der Waals surface area contributed by atoms with Crippen molar-refractivity contribution < 1.29 is 18.7 Å². The third-order valence-electron chi connectivity index (χ3n) is 5.28. The van der Waals surface area contributed by atoms with Gasteiger partial charge in [-0.05, 0) is 41.3 Å². The third-order valence-corrected chi connectivity index (χ3v) is 5.28. The maximum absolute atomic E-state index is 13.6. The first-order valence-electron chi connectivity index (χ1n) is 10.7. The number of amides is 1. The van der Waals surface area contributed by atoms with Crippen LogP contribution < -0.4 is 10.1 Å². The van der Waals surface area contributed by atoms with Crippen LogP contribution in [0.2, 0.25) is 0 Å². The van der Waals surface area contributed by atoms with Crippen molar-refractivity contribution in [2.45, 2.75) is 19.3 Å². The zero-order valence-electron chi connectivity index (χ0n) is 17.9. The zero-order chi connectivity index (χ0) is 22.3. The standard InChI is InChI=1S/C27H24FNO3/c1-2-31-21-16-19(15-20(28)17-21)9-7-8-14-29-27(30)32-18-26-24-12-5-3-10-22(24)23-11-4-6-13-25(23)26/h3-6,10-13,15-17,26H,2,8,14,18H2,1H3,(H,29,30). The average molecular weight is 429 g/mol. The molecule has 1 N–H and O–H groups in total. The van der Waals surface area contributed by atoms with Gasteiger partial charge in [0.2, 0.25) is 0 Å². The molecule has 0 bridgehead atoms. The number of hydrogen-bond donors (Lipinski definition) is 1. The summed E-state index contributed by atoms with van der Waals surface area (Å²) >= 11 is 0. The summed E-state index contributed by atoms with van der Waals surface area (Å²) in [4.78, 5) is 12.2. The van der Waals surface area contributed by atoms with Crippen LogP contribution >= 0.6 is 0 Å². The number of ether oxygens (including phenoxy) is 2. The summed E-state index contributed by atoms with van der Waals surface area (Å²) in [6.45, 7) is 2.91. The average Bonchev–Trinajstić information content (AvgIpc) is 3.11. The Kier molecular flexibility index (Phi) is 6.72. The van der Waals surface area contributed by atoms with Crippen LogP contribution in [0.25, 0.3) is 11.1 Å². The second kappa shape index (κ2) is 10.0. The van der Waals surface area contributed by atoms with E-state index in [2.05, 4.69) is 41.4 Å². The lowest BCUT2D eigenvalue weighted by Crippen LogP contribution is -2.26. The van der Waals surface area contributed by atoms with Crippen LogP contribution in [0.15, 0.2) is 66.7 Å². The molecule has 1 amide bonds. The summed E-state index contributed by atoms with van der Waals surface area (Å²) in [5.41, 5.74) is 5.27. The van der Waals surface area contributed by atoms with E-state index in [-0.39, 0.29) is 12.5 Å². The molecule has 1 aliphatic rings. The number of alkyl carbamates (subject to hydrolysis) is 1. The van der Waals surface area contributed by atoms with Crippen LogP contribution in [0.1, 0.15) is 36.0 Å². The fraction of sp³-hybridized carbons (Fsp3) is 0.222. The molecule has 5 heteroatoms. The largest absolute Gasteiger partial charge is 0.494 e. The number of halogens is 1. The van der Waals surface area contributed by atoms with E-state index in [1.165, 1.54) is 34.4 Å². The number of rotatable bonds is 6. The highest BCUT2D eigenvalue weighted by Crippen LogP contribution is 2.44. The van der Waals surface area contributed by atoms with Crippen LogP contribution in [-0.2, 0) is 4.74 Å². The second-order valence-corrected chi connectivity index (χ2v) is 7.41. The minimum atomic E-state index is -0.474. The van der Waals surface area contributed by atoms with Gasteiger partial charge in [0, 0.05) is 30.5 Å². The highest BCUT2D eigenvalue weighted by Gasteiger charge is 2.28. The molecule has 0 aliphatic heterocycles. The van der Waals surface area contributed by atoms with Gasteiger partial charge in [-0.15, -0.1) is 0 Å². The van der Waals surface area contributed by atoms with Gasteiger partial charge < -0.3 is 14.8 Å². The summed E-state index contributed by atoms with van der Waals surface area (Å²) in [6.07, 6.45) is -0.0527. The molecule has 0 saturated carbocycles. The van der Waals surface area contributed by atoms with Gasteiger partial charge in [-0.25, -0.2) is 9.18 Å². The second-order valence-electron chi connectivity index (χ2n) is 7.41. The Labute approximate surface area is 187 Å². The van der Waals surface area contributed by atoms with Crippen molar-refractivity contribution in [1.29, 1.82) is 0 Å². The Morgan fingerprint density at radius 2 is 1.72 bits per heavy atom. The Hall–Kier alpha value is -3.78. The molecular formula is C27H24FNO3. The predicted octanol–water partition coefficient (Wildman–Crippen LogP) is 5.50. The number of nitrogens with one attached hydrogen (secondary N) is 1. The van der Waals surface area contributed by atoms with Crippen molar-refractivity contribution in [2.75, 3.05) is 19.8 Å². The van der Waals surface area contributed by atoms with Gasteiger partial charge in [0.25, 0.3) is 0 Å². The summed E-state index contributed by atoms with van der Waals surface area (Å²) in [6, 6.07) is 20.8. The van der Waals surface area contributed by atoms with Crippen molar-refractivity contribution >= 4 is 6.09 Å². The van der Waals surface area contributed by atoms with E-state index >= 15 is 0 Å². The summed E-state index contributed by atoms with van der Waals surface area (Å²) in [7, 11) is 0. The van der Waals surface area contributed by atoms with E-state index in [1.807, 2.05) is 31.2 Å². The van der Waals surface area contributed by atoms with Gasteiger partial charge in [-0.3, -0.25) is 0 Å². The summed E-state index contributed by atoms with van der Waals surface area (Å²) < 4.78 is 24.4. The lowest BCUT2D eigenvalue weighted by atomic mass is 9.98. The molecule has 162 valence electrons. The normalized spacial score (nSPS) is 11.7. The fourth-order valence-electron chi connectivity index (χ4n) is 3.93. The molecule has 0 aromatic heterocycles. The smallest absolute Gasteiger partial charge is 0.407 e. The van der Waals surface area contributed by atoms with E-state index in [0.717, 1.165) is 0 Å². The number of carbonyl (C=O) groups excluding carboxylic acids is 1. The first kappa shape index (κ1) is 21.5. The van der Waals surface area contributed by atoms with Crippen LogP contribution in [-0.4, -0.2) is 25.9 Å². The Bertz CT molecular complexity index is 1130. The Balaban J connectivity index is 1.28. The molecule has 4 rings (SSSR count). The number of carbonyl (C=O) groups is 1. The molecule has 0 radical (unpaired) electrons. The summed E-state index contributed by atoms with van der Waals surface area (Å²) in [5.74, 6) is 5.92. The molecule has 0 spiro atoms. The van der Waals surface area contributed by atoms with E-state index in [4.69, 9.17) is 9.47 Å². The number of hydrogen-bond acceptors (Lipinski definition) is 3. The fourth-order valence-corrected chi connectivity index (χ4v) is 3.93. The molecular weight excluding hydrogens is 405 g/mol. The van der Waals surface area contributed by atoms with Crippen molar-refractivity contribution in [3.05, 3.63) is 89.2 Å². The van der Waals surface area contributed by atoms with Gasteiger partial charge in [0.1, 0.15) is 18.2 Å². The van der Waals surface area contributed by atoms with Gasteiger partial charge in [0.15, 0.2) is 0 Å². The summed E-state index contributed by atoms with van der Waals surface area (Å²) in [5, 5.41) is 2.72. The SMILES string of the molecule is CCOc1cc(F)cc(C#CCCNC(=O)OCC2c3ccccc3-c3ccccc32)c1. The topological polar surface area (TPSA) is 47.6 Å². The maximum atomic E-state index is 13.6. The molecule has 0 heterocycles. The highest BCUT2D eigenvalue weighted by molar-refractivity contribution is 5.79. The lowest BCUT2D eigenvalue weighted by Gasteiger charge is -2.14. The molecule has 4 nitrogen and oxygen atoms in total. The predicted molar refractivity (Wildman–Crippen MR) is 122 cm³/mol. The van der Waals surface area contributed by atoms with Crippen molar-refractivity contribution in [1.82, 2.24) is 5.32 Å². The molecule has 3 aromatic carbocycles. The molecule has 3 aromatic rings. The Morgan fingerprint density at radius 1 is 1.03 bits per heavy atom. The van der Waals surface area contributed by atoms with Crippen LogP contribution in [0.4, 0.5) is 9.18 Å². The quantitative estimate of drug-likeness (QED) is 0.416. The van der Waals surface area contributed by atoms with E-state index in [9.17, 15) is 9.18 Å². The molecule has 1 aliphatic carbocycles. The zero-order valence-corrected chi connectivity index (χ0v) is 17.9. The first-order chi connectivity index (χ1) is 15.7. The molecule has 0 unspecified atom stereocenters. The van der Waals surface area contributed by atoms with Gasteiger partial charge in [-0.1, -0.05) is 60.4 Å². The van der Waals surface area contributed by atoms with Crippen molar-refractivity contribution in [2.24, 2.45) is 0 Å². The van der Waals surface area contributed by atoms with Crippen LogP contribution in [0.5, 0.6) is 5.75 Å². The van der Waals surface area contributed by atoms with Crippen molar-refractivity contribution in [3.63, 3.8) is 0 Å². The number of benzene rings is 3. The van der Waals surface area contributed by atoms with Crippen molar-refractivity contribution in [3.8, 4) is 28.7 Å². The van der Waals surface area contributed by atoms with Gasteiger partial charge in [0.05, 0.1) is 6.61 Å². The first-order valence-corrected chi connectivity index (χ1v) is 10.7. The lowest BCUT2D eigenvalue weighted by molar-refractivity contribution is 0.143. The van der Waals surface area contributed by atoms with E-state index < -0.39 is 11.9 Å². The maximum Gasteiger partial charge on any atom is 0.407 e.